The first-order valence-corrected chi connectivity index (χ1v) is 5.84. The van der Waals surface area contributed by atoms with Crippen LogP contribution in [0.4, 0.5) is 0 Å². The fraction of sp³-hybridized carbons (Fsp3) is 0.909. The number of likely N-dealkylation sites (N-methyl/N-ethyl adjacent to an activating group) is 1. The van der Waals surface area contributed by atoms with Crippen LogP contribution in [0.25, 0.3) is 0 Å². The first-order valence-electron chi connectivity index (χ1n) is 5.84. The van der Waals surface area contributed by atoms with E-state index in [1.54, 1.807) is 11.9 Å². The van der Waals surface area contributed by atoms with Crippen molar-refractivity contribution in [1.82, 2.24) is 4.90 Å². The van der Waals surface area contributed by atoms with Crippen LogP contribution in [-0.2, 0) is 9.53 Å². The summed E-state index contributed by atoms with van der Waals surface area (Å²) < 4.78 is 5.28. The van der Waals surface area contributed by atoms with Crippen LogP contribution >= 0.6 is 0 Å². The zero-order valence-electron chi connectivity index (χ0n) is 9.89. The van der Waals surface area contributed by atoms with Crippen LogP contribution < -0.4 is 5.73 Å². The van der Waals surface area contributed by atoms with E-state index in [1.165, 1.54) is 0 Å². The van der Waals surface area contributed by atoms with E-state index in [-0.39, 0.29) is 12.5 Å². The standard InChI is InChI=1S/C11H22N2O3/c1-13(11(15)10(12)8-14)5-2-9-3-6-16-7-4-9/h9-10,14H,2-8,12H2,1H3. The molecule has 0 aliphatic carbocycles. The lowest BCUT2D eigenvalue weighted by Crippen LogP contribution is -2.44. The van der Waals surface area contributed by atoms with Crippen molar-refractivity contribution in [3.05, 3.63) is 0 Å². The van der Waals surface area contributed by atoms with Crippen LogP contribution in [0.2, 0.25) is 0 Å². The van der Waals surface area contributed by atoms with Gasteiger partial charge >= 0.3 is 0 Å². The lowest BCUT2D eigenvalue weighted by atomic mass is 9.96. The highest BCUT2D eigenvalue weighted by Gasteiger charge is 2.19. The molecule has 3 N–H and O–H groups in total. The Balaban J connectivity index is 2.22. The normalized spacial score (nSPS) is 19.4. The van der Waals surface area contributed by atoms with Gasteiger partial charge in [0.25, 0.3) is 0 Å². The maximum Gasteiger partial charge on any atom is 0.241 e. The fourth-order valence-corrected chi connectivity index (χ4v) is 1.88. The predicted molar refractivity (Wildman–Crippen MR) is 60.9 cm³/mol. The molecular weight excluding hydrogens is 208 g/mol. The number of nitrogens with two attached hydrogens (primary N) is 1. The summed E-state index contributed by atoms with van der Waals surface area (Å²) in [7, 11) is 1.73. The second kappa shape index (κ2) is 6.83. The molecule has 0 saturated carbocycles. The Kier molecular flexibility index (Phi) is 5.73. The predicted octanol–water partition coefficient (Wildman–Crippen LogP) is -0.419. The van der Waals surface area contributed by atoms with Crippen molar-refractivity contribution in [1.29, 1.82) is 0 Å². The van der Waals surface area contributed by atoms with E-state index in [0.29, 0.717) is 12.5 Å². The van der Waals surface area contributed by atoms with Crippen LogP contribution in [0.3, 0.4) is 0 Å². The molecule has 1 unspecified atom stereocenters. The van der Waals surface area contributed by atoms with E-state index in [2.05, 4.69) is 0 Å². The second-order valence-electron chi connectivity index (χ2n) is 4.39. The van der Waals surface area contributed by atoms with Gasteiger partial charge in [-0.15, -0.1) is 0 Å². The maximum atomic E-state index is 11.6. The number of carbonyl (C=O) groups is 1. The summed E-state index contributed by atoms with van der Waals surface area (Å²) in [5, 5.41) is 8.78. The van der Waals surface area contributed by atoms with Crippen molar-refractivity contribution in [3.8, 4) is 0 Å². The Morgan fingerprint density at radius 2 is 2.19 bits per heavy atom. The number of ether oxygens (including phenoxy) is 1. The molecule has 1 amide bonds. The van der Waals surface area contributed by atoms with E-state index in [1.807, 2.05) is 0 Å². The molecule has 1 atom stereocenters. The molecule has 0 radical (unpaired) electrons. The third-order valence-corrected chi connectivity index (χ3v) is 3.10. The Morgan fingerprint density at radius 1 is 1.56 bits per heavy atom. The quantitative estimate of drug-likeness (QED) is 0.672. The molecule has 0 aromatic carbocycles. The molecule has 0 bridgehead atoms. The van der Waals surface area contributed by atoms with Crippen LogP contribution in [0.5, 0.6) is 0 Å². The van der Waals surface area contributed by atoms with E-state index in [4.69, 9.17) is 15.6 Å². The monoisotopic (exact) mass is 230 g/mol. The molecule has 0 spiro atoms. The van der Waals surface area contributed by atoms with Gasteiger partial charge in [0.1, 0.15) is 6.04 Å². The van der Waals surface area contributed by atoms with Gasteiger partial charge in [0.05, 0.1) is 6.61 Å². The molecular formula is C11H22N2O3. The van der Waals surface area contributed by atoms with Crippen molar-refractivity contribution >= 4 is 5.91 Å². The minimum atomic E-state index is -0.778. The van der Waals surface area contributed by atoms with E-state index in [9.17, 15) is 4.79 Å². The molecule has 16 heavy (non-hydrogen) atoms. The minimum absolute atomic E-state index is 0.186. The van der Waals surface area contributed by atoms with Gasteiger partial charge in [-0.25, -0.2) is 0 Å². The maximum absolute atomic E-state index is 11.6. The number of aliphatic hydroxyl groups is 1. The molecule has 94 valence electrons. The van der Waals surface area contributed by atoms with E-state index < -0.39 is 6.04 Å². The molecule has 0 aromatic rings. The second-order valence-corrected chi connectivity index (χ2v) is 4.39. The highest BCUT2D eigenvalue weighted by Crippen LogP contribution is 2.18. The summed E-state index contributed by atoms with van der Waals surface area (Å²) >= 11 is 0. The summed E-state index contributed by atoms with van der Waals surface area (Å²) in [6, 6.07) is -0.778. The third kappa shape index (κ3) is 4.08. The first kappa shape index (κ1) is 13.4. The van der Waals surface area contributed by atoms with Gasteiger partial charge in [-0.3, -0.25) is 4.79 Å². The van der Waals surface area contributed by atoms with Gasteiger partial charge in [0.2, 0.25) is 5.91 Å². The number of carbonyl (C=O) groups excluding carboxylic acids is 1. The summed E-state index contributed by atoms with van der Waals surface area (Å²) in [5.41, 5.74) is 5.46. The first-order chi connectivity index (χ1) is 7.65. The number of amides is 1. The summed E-state index contributed by atoms with van der Waals surface area (Å²) in [5.74, 6) is 0.462. The van der Waals surface area contributed by atoms with E-state index in [0.717, 1.165) is 32.5 Å². The Bertz CT molecular complexity index is 217. The van der Waals surface area contributed by atoms with Gasteiger partial charge in [0, 0.05) is 26.8 Å². The minimum Gasteiger partial charge on any atom is -0.394 e. The molecule has 5 heteroatoms. The number of hydrogen-bond acceptors (Lipinski definition) is 4. The molecule has 5 nitrogen and oxygen atoms in total. The Labute approximate surface area is 96.6 Å². The van der Waals surface area contributed by atoms with Gasteiger partial charge in [-0.05, 0) is 25.2 Å². The topological polar surface area (TPSA) is 75.8 Å². The number of rotatable bonds is 5. The van der Waals surface area contributed by atoms with Crippen LogP contribution in [0.1, 0.15) is 19.3 Å². The van der Waals surface area contributed by atoms with Crippen molar-refractivity contribution in [2.45, 2.75) is 25.3 Å². The van der Waals surface area contributed by atoms with E-state index >= 15 is 0 Å². The van der Waals surface area contributed by atoms with Gasteiger partial charge in [0.15, 0.2) is 0 Å². The smallest absolute Gasteiger partial charge is 0.241 e. The van der Waals surface area contributed by atoms with Crippen molar-refractivity contribution in [3.63, 3.8) is 0 Å². The summed E-state index contributed by atoms with van der Waals surface area (Å²) in [6.45, 7) is 2.08. The van der Waals surface area contributed by atoms with Crippen molar-refractivity contribution in [2.24, 2.45) is 11.7 Å². The molecule has 0 aromatic heterocycles. The van der Waals surface area contributed by atoms with Crippen LogP contribution in [-0.4, -0.2) is 55.4 Å². The van der Waals surface area contributed by atoms with Crippen LogP contribution in [0, 0.1) is 5.92 Å². The largest absolute Gasteiger partial charge is 0.394 e. The third-order valence-electron chi connectivity index (χ3n) is 3.10. The highest BCUT2D eigenvalue weighted by atomic mass is 16.5. The molecule has 1 rings (SSSR count). The fourth-order valence-electron chi connectivity index (χ4n) is 1.88. The van der Waals surface area contributed by atoms with Crippen molar-refractivity contribution < 1.29 is 14.6 Å². The molecule has 1 aliphatic heterocycles. The molecule has 1 saturated heterocycles. The van der Waals surface area contributed by atoms with Crippen LogP contribution in [0.15, 0.2) is 0 Å². The molecule has 1 aliphatic rings. The molecule has 1 heterocycles. The number of nitrogens with zero attached hydrogens (tertiary/aromatic N) is 1. The summed E-state index contributed by atoms with van der Waals surface area (Å²) in [6.07, 6.45) is 3.14. The average molecular weight is 230 g/mol. The average Bonchev–Trinajstić information content (AvgIpc) is 2.35. The Morgan fingerprint density at radius 3 is 2.75 bits per heavy atom. The summed E-state index contributed by atoms with van der Waals surface area (Å²) in [4.78, 5) is 13.2. The zero-order chi connectivity index (χ0) is 12.0. The lowest BCUT2D eigenvalue weighted by molar-refractivity contribution is -0.132. The SMILES string of the molecule is CN(CCC1CCOCC1)C(=O)C(N)CO. The van der Waals surface area contributed by atoms with Crippen molar-refractivity contribution in [2.75, 3.05) is 33.4 Å². The van der Waals surface area contributed by atoms with Gasteiger partial charge in [-0.2, -0.15) is 0 Å². The van der Waals surface area contributed by atoms with Gasteiger partial charge < -0.3 is 20.5 Å². The number of hydrogen-bond donors (Lipinski definition) is 2. The Hall–Kier alpha value is -0.650. The van der Waals surface area contributed by atoms with Gasteiger partial charge in [-0.1, -0.05) is 0 Å². The molecule has 1 fully saturated rings. The lowest BCUT2D eigenvalue weighted by Gasteiger charge is -2.25. The number of aliphatic hydroxyl groups excluding tert-OH is 1. The zero-order valence-corrected chi connectivity index (χ0v) is 9.89. The highest BCUT2D eigenvalue weighted by molar-refractivity contribution is 5.81.